The fraction of sp³-hybridized carbons (Fsp3) is 0.300. The molecule has 4 N–H and O–H groups in total. The van der Waals surface area contributed by atoms with E-state index in [4.69, 9.17) is 10.8 Å². The lowest BCUT2D eigenvalue weighted by molar-refractivity contribution is -0.144. The molecule has 0 aliphatic rings. The molecule has 0 radical (unpaired) electrons. The van der Waals surface area contributed by atoms with Crippen LogP contribution in [0.2, 0.25) is 0 Å². The third-order valence-corrected chi connectivity index (χ3v) is 2.22. The highest BCUT2D eigenvalue weighted by molar-refractivity contribution is 5.81. The van der Waals surface area contributed by atoms with E-state index in [0.29, 0.717) is 5.69 Å². The number of primary amides is 1. The number of pyridine rings is 1. The Morgan fingerprint density at radius 1 is 1.56 bits per heavy atom. The number of hydrogen-bond acceptors (Lipinski definition) is 4. The summed E-state index contributed by atoms with van der Waals surface area (Å²) in [6, 6.07) is 4.93. The SMILES string of the molecule is CC(NCC(N)=O)(C(=O)O)c1ccccn1. The largest absolute Gasteiger partial charge is 0.480 e. The number of amides is 1. The van der Waals surface area contributed by atoms with Gasteiger partial charge in [-0.3, -0.25) is 15.1 Å². The molecule has 6 heteroatoms. The van der Waals surface area contributed by atoms with Crippen molar-refractivity contribution >= 4 is 11.9 Å². The van der Waals surface area contributed by atoms with E-state index in [9.17, 15) is 9.59 Å². The van der Waals surface area contributed by atoms with Gasteiger partial charge in [0.25, 0.3) is 0 Å². The number of aliphatic carboxylic acids is 1. The second-order valence-electron chi connectivity index (χ2n) is 3.46. The molecule has 0 aliphatic heterocycles. The van der Waals surface area contributed by atoms with Crippen molar-refractivity contribution < 1.29 is 14.7 Å². The first kappa shape index (κ1) is 12.1. The maximum Gasteiger partial charge on any atom is 0.329 e. The molecule has 1 aromatic rings. The Morgan fingerprint density at radius 3 is 2.69 bits per heavy atom. The molecule has 86 valence electrons. The fourth-order valence-corrected chi connectivity index (χ4v) is 1.20. The number of rotatable bonds is 5. The number of hydrogen-bond donors (Lipinski definition) is 3. The van der Waals surface area contributed by atoms with Gasteiger partial charge >= 0.3 is 5.97 Å². The van der Waals surface area contributed by atoms with Crippen LogP contribution in [0.25, 0.3) is 0 Å². The van der Waals surface area contributed by atoms with Crippen molar-refractivity contribution in [1.29, 1.82) is 0 Å². The maximum absolute atomic E-state index is 11.2. The number of carbonyl (C=O) groups excluding carboxylic acids is 1. The maximum atomic E-state index is 11.2. The lowest BCUT2D eigenvalue weighted by Crippen LogP contribution is -2.50. The zero-order valence-corrected chi connectivity index (χ0v) is 8.80. The van der Waals surface area contributed by atoms with Crippen LogP contribution in [-0.2, 0) is 15.1 Å². The zero-order chi connectivity index (χ0) is 12.2. The molecule has 0 spiro atoms. The zero-order valence-electron chi connectivity index (χ0n) is 8.80. The van der Waals surface area contributed by atoms with Gasteiger partial charge in [-0.2, -0.15) is 0 Å². The minimum absolute atomic E-state index is 0.223. The van der Waals surface area contributed by atoms with Crippen molar-refractivity contribution in [2.75, 3.05) is 6.54 Å². The Bertz CT molecular complexity index is 394. The second kappa shape index (κ2) is 4.71. The first-order valence-corrected chi connectivity index (χ1v) is 4.65. The average Bonchev–Trinajstić information content (AvgIpc) is 2.26. The number of nitrogens with two attached hydrogens (primary N) is 1. The summed E-state index contributed by atoms with van der Waals surface area (Å²) in [6.45, 7) is 1.21. The summed E-state index contributed by atoms with van der Waals surface area (Å²) in [5, 5.41) is 11.7. The molecule has 1 amide bonds. The summed E-state index contributed by atoms with van der Waals surface area (Å²) in [6.07, 6.45) is 1.49. The number of nitrogens with zero attached hydrogens (tertiary/aromatic N) is 1. The van der Waals surface area contributed by atoms with Gasteiger partial charge < -0.3 is 10.8 Å². The predicted octanol–water partition coefficient (Wildman–Crippen LogP) is -0.544. The highest BCUT2D eigenvalue weighted by Crippen LogP contribution is 2.17. The Kier molecular flexibility index (Phi) is 3.57. The van der Waals surface area contributed by atoms with E-state index < -0.39 is 17.4 Å². The van der Waals surface area contributed by atoms with E-state index in [2.05, 4.69) is 10.3 Å². The van der Waals surface area contributed by atoms with Crippen molar-refractivity contribution in [1.82, 2.24) is 10.3 Å². The summed E-state index contributed by atoms with van der Waals surface area (Å²) in [5.41, 5.74) is 3.87. The lowest BCUT2D eigenvalue weighted by atomic mass is 9.97. The molecule has 16 heavy (non-hydrogen) atoms. The quantitative estimate of drug-likeness (QED) is 0.621. The molecule has 0 fully saturated rings. The second-order valence-corrected chi connectivity index (χ2v) is 3.46. The number of carbonyl (C=O) groups is 2. The van der Waals surface area contributed by atoms with Crippen LogP contribution >= 0.6 is 0 Å². The van der Waals surface area contributed by atoms with Crippen molar-refractivity contribution in [2.24, 2.45) is 5.73 Å². The fourth-order valence-electron chi connectivity index (χ4n) is 1.20. The van der Waals surface area contributed by atoms with Crippen LogP contribution in [0.5, 0.6) is 0 Å². The third kappa shape index (κ3) is 2.54. The molecule has 0 aromatic carbocycles. The Balaban J connectivity index is 2.98. The van der Waals surface area contributed by atoms with Crippen molar-refractivity contribution in [3.63, 3.8) is 0 Å². The Hall–Kier alpha value is -1.95. The van der Waals surface area contributed by atoms with E-state index in [0.717, 1.165) is 0 Å². The topological polar surface area (TPSA) is 105 Å². The molecule has 0 saturated carbocycles. The number of nitrogens with one attached hydrogen (secondary N) is 1. The molecule has 0 saturated heterocycles. The molecule has 1 heterocycles. The monoisotopic (exact) mass is 223 g/mol. The van der Waals surface area contributed by atoms with Crippen LogP contribution in [0.1, 0.15) is 12.6 Å². The molecule has 1 atom stereocenters. The highest BCUT2D eigenvalue weighted by Gasteiger charge is 2.36. The van der Waals surface area contributed by atoms with E-state index in [1.807, 2.05) is 0 Å². The van der Waals surface area contributed by atoms with Crippen LogP contribution in [0.4, 0.5) is 0 Å². The third-order valence-electron chi connectivity index (χ3n) is 2.22. The molecule has 6 nitrogen and oxygen atoms in total. The van der Waals surface area contributed by atoms with Gasteiger partial charge in [-0.15, -0.1) is 0 Å². The van der Waals surface area contributed by atoms with E-state index in [1.165, 1.54) is 13.1 Å². The van der Waals surface area contributed by atoms with Gasteiger partial charge in [-0.1, -0.05) is 6.07 Å². The predicted molar refractivity (Wildman–Crippen MR) is 56.4 cm³/mol. The normalized spacial score (nSPS) is 14.1. The van der Waals surface area contributed by atoms with Gasteiger partial charge in [0.2, 0.25) is 5.91 Å². The summed E-state index contributed by atoms with van der Waals surface area (Å²) < 4.78 is 0. The molecular weight excluding hydrogens is 210 g/mol. The first-order valence-electron chi connectivity index (χ1n) is 4.65. The number of carboxylic acids is 1. The van der Waals surface area contributed by atoms with E-state index in [-0.39, 0.29) is 6.54 Å². The summed E-state index contributed by atoms with van der Waals surface area (Å²) in [7, 11) is 0. The molecular formula is C10H13N3O3. The summed E-state index contributed by atoms with van der Waals surface area (Å²) in [4.78, 5) is 25.8. The smallest absolute Gasteiger partial charge is 0.329 e. The van der Waals surface area contributed by atoms with Gasteiger partial charge in [-0.05, 0) is 19.1 Å². The van der Waals surface area contributed by atoms with E-state index >= 15 is 0 Å². The summed E-state index contributed by atoms with van der Waals surface area (Å²) in [5.74, 6) is -1.74. The van der Waals surface area contributed by atoms with Gasteiger partial charge in [0.15, 0.2) is 5.54 Å². The standard InChI is InChI=1S/C10H13N3O3/c1-10(9(15)16,13-6-8(11)14)7-4-2-3-5-12-7/h2-5,13H,6H2,1H3,(H2,11,14)(H,15,16). The van der Waals surface area contributed by atoms with Crippen LogP contribution in [0.3, 0.4) is 0 Å². The van der Waals surface area contributed by atoms with Crippen LogP contribution < -0.4 is 11.1 Å². The molecule has 1 aromatic heterocycles. The minimum Gasteiger partial charge on any atom is -0.480 e. The lowest BCUT2D eigenvalue weighted by Gasteiger charge is -2.24. The Labute approximate surface area is 92.5 Å². The molecule has 1 unspecified atom stereocenters. The molecule has 0 bridgehead atoms. The molecule has 1 rings (SSSR count). The molecule has 0 aliphatic carbocycles. The summed E-state index contributed by atoms with van der Waals surface area (Å²) >= 11 is 0. The number of aromatic nitrogens is 1. The van der Waals surface area contributed by atoms with E-state index in [1.54, 1.807) is 18.2 Å². The van der Waals surface area contributed by atoms with Crippen LogP contribution in [0, 0.1) is 0 Å². The first-order chi connectivity index (χ1) is 7.47. The van der Waals surface area contributed by atoms with Gasteiger partial charge in [0, 0.05) is 6.20 Å². The highest BCUT2D eigenvalue weighted by atomic mass is 16.4. The van der Waals surface area contributed by atoms with Crippen molar-refractivity contribution in [2.45, 2.75) is 12.5 Å². The van der Waals surface area contributed by atoms with Gasteiger partial charge in [-0.25, -0.2) is 4.79 Å². The van der Waals surface area contributed by atoms with Crippen LogP contribution in [0.15, 0.2) is 24.4 Å². The van der Waals surface area contributed by atoms with Gasteiger partial charge in [0.05, 0.1) is 12.2 Å². The minimum atomic E-state index is -1.42. The Morgan fingerprint density at radius 2 is 2.25 bits per heavy atom. The number of carboxylic acid groups (broad SMARTS) is 1. The van der Waals surface area contributed by atoms with Crippen LogP contribution in [-0.4, -0.2) is 28.5 Å². The average molecular weight is 223 g/mol. The van der Waals surface area contributed by atoms with Crippen molar-refractivity contribution in [3.05, 3.63) is 30.1 Å². The van der Waals surface area contributed by atoms with Crippen molar-refractivity contribution in [3.8, 4) is 0 Å². The van der Waals surface area contributed by atoms with Gasteiger partial charge in [0.1, 0.15) is 0 Å².